The SMILES string of the molecule is CC1=C[C@]23C(=O)[C@@H](C=C(CO[Si](C)(C)C(C)(C)C)[C@@H](O)[C@]2(O)[C@H]1O)[C@H]1[C@@H](C[C@H]3C)C1(C)C. The van der Waals surface area contributed by atoms with Crippen molar-refractivity contribution >= 4 is 14.1 Å². The Kier molecular flexibility index (Phi) is 5.23. The molecule has 0 aromatic rings. The van der Waals surface area contributed by atoms with Crippen molar-refractivity contribution in [3.05, 3.63) is 23.3 Å². The van der Waals surface area contributed by atoms with Crippen molar-refractivity contribution < 1.29 is 24.5 Å². The third-order valence-electron chi connectivity index (χ3n) is 10.2. The highest BCUT2D eigenvalue weighted by Gasteiger charge is 2.75. The molecule has 4 aliphatic carbocycles. The largest absolute Gasteiger partial charge is 0.413 e. The van der Waals surface area contributed by atoms with Crippen LogP contribution in [0, 0.1) is 34.5 Å². The molecule has 4 rings (SSSR count). The van der Waals surface area contributed by atoms with Gasteiger partial charge < -0.3 is 19.7 Å². The molecule has 5 nitrogen and oxygen atoms in total. The van der Waals surface area contributed by atoms with E-state index in [-0.39, 0.29) is 34.7 Å². The standard InChI is InChI=1S/C26H42O5Si/c1-14-12-25-15(2)10-18-19(24(18,6)7)17(22(25)29)11-16(21(28)26(25,30)20(14)27)13-31-32(8,9)23(3,4)5/h11-12,15,17-21,27-28,30H,10,13H2,1-9H3/t15-,17+,18-,19+,20+,21-,25+,26-/m1/s1. The maximum atomic E-state index is 14.2. The van der Waals surface area contributed by atoms with Crippen LogP contribution in [-0.4, -0.2) is 53.8 Å². The van der Waals surface area contributed by atoms with E-state index in [2.05, 4.69) is 47.7 Å². The molecule has 6 heteroatoms. The maximum absolute atomic E-state index is 14.2. The minimum Gasteiger partial charge on any atom is -0.413 e. The number of rotatable bonds is 3. The van der Waals surface area contributed by atoms with Gasteiger partial charge in [-0.25, -0.2) is 0 Å². The number of hydrogen-bond acceptors (Lipinski definition) is 5. The Morgan fingerprint density at radius 3 is 2.34 bits per heavy atom. The molecule has 4 aliphatic rings. The van der Waals surface area contributed by atoms with E-state index in [4.69, 9.17) is 4.43 Å². The first-order chi connectivity index (χ1) is 14.4. The minimum absolute atomic E-state index is 0.00628. The first kappa shape index (κ1) is 24.3. The van der Waals surface area contributed by atoms with Crippen molar-refractivity contribution in [1.29, 1.82) is 0 Å². The van der Waals surface area contributed by atoms with Crippen LogP contribution in [0.15, 0.2) is 23.3 Å². The lowest BCUT2D eigenvalue weighted by Gasteiger charge is -2.48. The molecular formula is C26H42O5Si. The monoisotopic (exact) mass is 462 g/mol. The second-order valence-electron chi connectivity index (χ2n) is 13.2. The number of carbonyl (C=O) groups excluding carboxylic acids is 1. The van der Waals surface area contributed by atoms with Crippen molar-refractivity contribution in [2.45, 2.75) is 90.8 Å². The lowest BCUT2D eigenvalue weighted by Crippen LogP contribution is -2.65. The minimum atomic E-state index is -2.13. The molecule has 0 radical (unpaired) electrons. The van der Waals surface area contributed by atoms with Gasteiger partial charge in [-0.2, -0.15) is 0 Å². The molecule has 2 fully saturated rings. The number of allylic oxidation sites excluding steroid dienone is 1. The molecule has 32 heavy (non-hydrogen) atoms. The number of hydrogen-bond donors (Lipinski definition) is 3. The molecule has 2 saturated carbocycles. The van der Waals surface area contributed by atoms with Gasteiger partial charge in [0.15, 0.2) is 14.1 Å². The first-order valence-electron chi connectivity index (χ1n) is 12.1. The predicted octanol–water partition coefficient (Wildman–Crippen LogP) is 3.84. The smallest absolute Gasteiger partial charge is 0.192 e. The lowest BCUT2D eigenvalue weighted by molar-refractivity contribution is -0.190. The Labute approximate surface area is 194 Å². The summed E-state index contributed by atoms with van der Waals surface area (Å²) in [5, 5.41) is 34.9. The van der Waals surface area contributed by atoms with Gasteiger partial charge in [-0.1, -0.05) is 53.7 Å². The zero-order valence-electron chi connectivity index (χ0n) is 21.2. The molecule has 0 unspecified atom stereocenters. The summed E-state index contributed by atoms with van der Waals surface area (Å²) in [6.07, 6.45) is 1.82. The van der Waals surface area contributed by atoms with Crippen LogP contribution in [0.25, 0.3) is 0 Å². The number of aliphatic hydroxyl groups is 3. The maximum Gasteiger partial charge on any atom is 0.192 e. The first-order valence-corrected chi connectivity index (χ1v) is 15.0. The van der Waals surface area contributed by atoms with Gasteiger partial charge in [0.25, 0.3) is 0 Å². The third kappa shape index (κ3) is 2.86. The molecule has 3 N–H and O–H groups in total. The lowest BCUT2D eigenvalue weighted by atomic mass is 9.59. The predicted molar refractivity (Wildman–Crippen MR) is 127 cm³/mol. The number of carbonyl (C=O) groups is 1. The van der Waals surface area contributed by atoms with Gasteiger partial charge in [0.1, 0.15) is 17.8 Å². The van der Waals surface area contributed by atoms with Gasteiger partial charge in [0.2, 0.25) is 0 Å². The van der Waals surface area contributed by atoms with Crippen molar-refractivity contribution in [3.63, 3.8) is 0 Å². The van der Waals surface area contributed by atoms with Crippen LogP contribution in [0.1, 0.15) is 54.9 Å². The van der Waals surface area contributed by atoms with E-state index in [9.17, 15) is 20.1 Å². The van der Waals surface area contributed by atoms with E-state index >= 15 is 0 Å². The summed E-state index contributed by atoms with van der Waals surface area (Å²) >= 11 is 0. The molecule has 0 heterocycles. The topological polar surface area (TPSA) is 87.0 Å². The Hall–Kier alpha value is -0.793. The Bertz CT molecular complexity index is 896. The average molecular weight is 463 g/mol. The van der Waals surface area contributed by atoms with Crippen molar-refractivity contribution in [2.75, 3.05) is 6.61 Å². The normalized spacial score (nSPS) is 45.3. The molecular weight excluding hydrogens is 420 g/mol. The molecule has 180 valence electrons. The Balaban J connectivity index is 1.84. The molecule has 8 atom stereocenters. The number of fused-ring (bicyclic) bond motifs is 3. The molecule has 0 saturated heterocycles. The summed E-state index contributed by atoms with van der Waals surface area (Å²) < 4.78 is 6.44. The third-order valence-corrected chi connectivity index (χ3v) is 14.6. The highest BCUT2D eigenvalue weighted by molar-refractivity contribution is 6.74. The van der Waals surface area contributed by atoms with Crippen molar-refractivity contribution in [1.82, 2.24) is 0 Å². The van der Waals surface area contributed by atoms with Crippen LogP contribution < -0.4 is 0 Å². The molecule has 0 aromatic carbocycles. The van der Waals surface area contributed by atoms with Gasteiger partial charge >= 0.3 is 0 Å². The van der Waals surface area contributed by atoms with Gasteiger partial charge in [-0.05, 0) is 65.8 Å². The van der Waals surface area contributed by atoms with Crippen LogP contribution in [0.4, 0.5) is 0 Å². The van der Waals surface area contributed by atoms with E-state index in [1.54, 1.807) is 13.0 Å². The summed E-state index contributed by atoms with van der Waals surface area (Å²) in [4.78, 5) is 14.2. The fourth-order valence-corrected chi connectivity index (χ4v) is 7.86. The Morgan fingerprint density at radius 2 is 1.78 bits per heavy atom. The molecule has 0 amide bonds. The zero-order valence-corrected chi connectivity index (χ0v) is 22.2. The zero-order chi connectivity index (χ0) is 24.2. The molecule has 1 spiro atoms. The molecule has 2 bridgehead atoms. The number of ketones is 1. The highest BCUT2D eigenvalue weighted by Crippen LogP contribution is 2.71. The highest BCUT2D eigenvalue weighted by atomic mass is 28.4. The van der Waals surface area contributed by atoms with Gasteiger partial charge in [0, 0.05) is 5.92 Å². The summed E-state index contributed by atoms with van der Waals surface area (Å²) in [7, 11) is -2.13. The van der Waals surface area contributed by atoms with Gasteiger partial charge in [0.05, 0.1) is 12.0 Å². The fraction of sp³-hybridized carbons (Fsp3) is 0.808. The second-order valence-corrected chi connectivity index (χ2v) is 18.0. The van der Waals surface area contributed by atoms with Gasteiger partial charge in [-0.15, -0.1) is 0 Å². The summed E-state index contributed by atoms with van der Waals surface area (Å²) in [5.41, 5.74) is -2.13. The molecule has 0 aromatic heterocycles. The van der Waals surface area contributed by atoms with Crippen molar-refractivity contribution in [3.8, 4) is 0 Å². The Morgan fingerprint density at radius 1 is 1.19 bits per heavy atom. The van der Waals surface area contributed by atoms with E-state index in [1.165, 1.54) is 0 Å². The van der Waals surface area contributed by atoms with Gasteiger partial charge in [-0.3, -0.25) is 4.79 Å². The van der Waals surface area contributed by atoms with E-state index in [1.807, 2.05) is 13.0 Å². The average Bonchev–Trinajstić information content (AvgIpc) is 3.17. The van der Waals surface area contributed by atoms with Crippen LogP contribution >= 0.6 is 0 Å². The number of Topliss-reactive ketones (excluding diaryl/α,β-unsaturated/α-hetero) is 1. The summed E-state index contributed by atoms with van der Waals surface area (Å²) in [6, 6.07) is 0. The van der Waals surface area contributed by atoms with Crippen LogP contribution in [0.3, 0.4) is 0 Å². The fourth-order valence-electron chi connectivity index (χ4n) is 6.90. The van der Waals surface area contributed by atoms with E-state index < -0.39 is 37.5 Å². The van der Waals surface area contributed by atoms with E-state index in [0.717, 1.165) is 6.42 Å². The summed E-state index contributed by atoms with van der Waals surface area (Å²) in [5.74, 6) is -0.0646. The van der Waals surface area contributed by atoms with Crippen LogP contribution in [0.2, 0.25) is 18.1 Å². The molecule has 0 aliphatic heterocycles. The van der Waals surface area contributed by atoms with Crippen LogP contribution in [-0.2, 0) is 9.22 Å². The van der Waals surface area contributed by atoms with Crippen molar-refractivity contribution in [2.24, 2.45) is 34.5 Å². The quantitative estimate of drug-likeness (QED) is 0.438. The summed E-state index contributed by atoms with van der Waals surface area (Å²) in [6.45, 7) is 19.1. The van der Waals surface area contributed by atoms with Crippen LogP contribution in [0.5, 0.6) is 0 Å². The van der Waals surface area contributed by atoms with E-state index in [0.29, 0.717) is 17.1 Å². The second kappa shape index (κ2) is 6.88. The number of aliphatic hydroxyl groups excluding tert-OH is 2.